The van der Waals surface area contributed by atoms with Crippen LogP contribution in [0.1, 0.15) is 32.8 Å². The van der Waals surface area contributed by atoms with Crippen LogP contribution in [0.15, 0.2) is 17.0 Å². The van der Waals surface area contributed by atoms with Crippen molar-refractivity contribution in [3.63, 3.8) is 0 Å². The van der Waals surface area contributed by atoms with Crippen molar-refractivity contribution in [2.75, 3.05) is 18.8 Å². The number of nitrogens with zero attached hydrogens (tertiary/aromatic N) is 1. The molecule has 1 rings (SSSR count). The number of aryl methyl sites for hydroxylation is 1. The molecule has 20 heavy (non-hydrogen) atoms. The Kier molecular flexibility index (Phi) is 5.53. The van der Waals surface area contributed by atoms with Gasteiger partial charge >= 0.3 is 0 Å². The standard InChI is InChI=1S/C14H23FN2O2S/c1-5-10(3)9-17(6-2)20(18,19)14-8-13(16)12(15)7-11(14)4/h7-8,10H,5-6,9,16H2,1-4H3. The zero-order valence-electron chi connectivity index (χ0n) is 12.5. The van der Waals surface area contributed by atoms with E-state index in [9.17, 15) is 12.8 Å². The molecule has 1 aromatic carbocycles. The molecule has 0 fully saturated rings. The summed E-state index contributed by atoms with van der Waals surface area (Å²) in [6.07, 6.45) is 0.899. The number of nitrogen functional groups attached to an aromatic ring is 1. The van der Waals surface area contributed by atoms with Crippen molar-refractivity contribution in [1.82, 2.24) is 4.31 Å². The lowest BCUT2D eigenvalue weighted by atomic mass is 10.1. The van der Waals surface area contributed by atoms with Crippen LogP contribution in [0.2, 0.25) is 0 Å². The maximum atomic E-state index is 13.4. The number of hydrogen-bond acceptors (Lipinski definition) is 3. The second-order valence-electron chi connectivity index (χ2n) is 5.11. The van der Waals surface area contributed by atoms with Crippen molar-refractivity contribution in [1.29, 1.82) is 0 Å². The molecule has 114 valence electrons. The van der Waals surface area contributed by atoms with Gasteiger partial charge in [-0.1, -0.05) is 27.2 Å². The summed E-state index contributed by atoms with van der Waals surface area (Å²) in [5, 5.41) is 0. The molecule has 2 N–H and O–H groups in total. The highest BCUT2D eigenvalue weighted by Crippen LogP contribution is 2.25. The maximum absolute atomic E-state index is 13.4. The van der Waals surface area contributed by atoms with Crippen LogP contribution in [0.4, 0.5) is 10.1 Å². The number of anilines is 1. The van der Waals surface area contributed by atoms with Gasteiger partial charge in [0.25, 0.3) is 0 Å². The average molecular weight is 302 g/mol. The first-order valence-corrected chi connectivity index (χ1v) is 8.23. The fourth-order valence-corrected chi connectivity index (χ4v) is 3.77. The van der Waals surface area contributed by atoms with Gasteiger partial charge < -0.3 is 5.73 Å². The van der Waals surface area contributed by atoms with E-state index in [1.807, 2.05) is 13.8 Å². The SMILES string of the molecule is CCC(C)CN(CC)S(=O)(=O)c1cc(N)c(F)cc1C. The Bertz CT molecular complexity index is 573. The van der Waals surface area contributed by atoms with E-state index < -0.39 is 15.8 Å². The van der Waals surface area contributed by atoms with Gasteiger partial charge in [-0.25, -0.2) is 12.8 Å². The minimum atomic E-state index is -3.64. The van der Waals surface area contributed by atoms with Gasteiger partial charge in [0.15, 0.2) is 0 Å². The normalized spacial score (nSPS) is 13.7. The molecule has 0 aliphatic rings. The topological polar surface area (TPSA) is 63.4 Å². The summed E-state index contributed by atoms with van der Waals surface area (Å²) in [6.45, 7) is 8.22. The lowest BCUT2D eigenvalue weighted by molar-refractivity contribution is 0.361. The molecule has 0 amide bonds. The average Bonchev–Trinajstić information content (AvgIpc) is 2.39. The van der Waals surface area contributed by atoms with Gasteiger partial charge in [0.1, 0.15) is 5.82 Å². The fraction of sp³-hybridized carbons (Fsp3) is 0.571. The molecule has 0 bridgehead atoms. The van der Waals surface area contributed by atoms with Crippen LogP contribution in [0.5, 0.6) is 0 Å². The predicted octanol–water partition coefficient (Wildman–Crippen LogP) is 2.77. The van der Waals surface area contributed by atoms with E-state index in [-0.39, 0.29) is 16.5 Å². The highest BCUT2D eigenvalue weighted by atomic mass is 32.2. The van der Waals surface area contributed by atoms with E-state index in [2.05, 4.69) is 0 Å². The molecule has 6 heteroatoms. The number of nitrogens with two attached hydrogens (primary N) is 1. The lowest BCUT2D eigenvalue weighted by Gasteiger charge is -2.24. The first-order chi connectivity index (χ1) is 9.23. The molecule has 1 aromatic rings. The number of benzene rings is 1. The summed E-state index contributed by atoms with van der Waals surface area (Å²) >= 11 is 0. The van der Waals surface area contributed by atoms with Crippen molar-refractivity contribution < 1.29 is 12.8 Å². The Morgan fingerprint density at radius 1 is 1.35 bits per heavy atom. The summed E-state index contributed by atoms with van der Waals surface area (Å²) in [4.78, 5) is 0.0848. The van der Waals surface area contributed by atoms with Gasteiger partial charge in [0.2, 0.25) is 10.0 Å². The monoisotopic (exact) mass is 302 g/mol. The summed E-state index contributed by atoms with van der Waals surface area (Å²) in [6, 6.07) is 2.37. The fourth-order valence-electron chi connectivity index (χ4n) is 1.96. The Morgan fingerprint density at radius 3 is 2.45 bits per heavy atom. The van der Waals surface area contributed by atoms with Crippen molar-refractivity contribution in [3.8, 4) is 0 Å². The second kappa shape index (κ2) is 6.54. The van der Waals surface area contributed by atoms with Crippen LogP contribution in [-0.2, 0) is 10.0 Å². The summed E-state index contributed by atoms with van der Waals surface area (Å²) < 4.78 is 40.1. The molecule has 0 saturated heterocycles. The second-order valence-corrected chi connectivity index (χ2v) is 7.01. The van der Waals surface area contributed by atoms with Gasteiger partial charge in [-0.05, 0) is 30.5 Å². The van der Waals surface area contributed by atoms with E-state index in [0.29, 0.717) is 18.7 Å². The lowest BCUT2D eigenvalue weighted by Crippen LogP contribution is -2.35. The molecule has 1 unspecified atom stereocenters. The van der Waals surface area contributed by atoms with Crippen molar-refractivity contribution in [2.45, 2.75) is 39.0 Å². The van der Waals surface area contributed by atoms with Crippen LogP contribution in [0.25, 0.3) is 0 Å². The van der Waals surface area contributed by atoms with Crippen LogP contribution in [0, 0.1) is 18.7 Å². The molecular weight excluding hydrogens is 279 g/mol. The Morgan fingerprint density at radius 2 is 1.95 bits per heavy atom. The Balaban J connectivity index is 3.24. The van der Waals surface area contributed by atoms with Gasteiger partial charge in [0, 0.05) is 13.1 Å². The van der Waals surface area contributed by atoms with Crippen molar-refractivity contribution >= 4 is 15.7 Å². The molecule has 0 spiro atoms. The highest BCUT2D eigenvalue weighted by Gasteiger charge is 2.26. The van der Waals surface area contributed by atoms with E-state index in [4.69, 9.17) is 5.73 Å². The molecule has 4 nitrogen and oxygen atoms in total. The van der Waals surface area contributed by atoms with E-state index in [1.54, 1.807) is 13.8 Å². The zero-order valence-corrected chi connectivity index (χ0v) is 13.3. The Hall–Kier alpha value is -1.14. The van der Waals surface area contributed by atoms with E-state index in [0.717, 1.165) is 6.42 Å². The number of rotatable bonds is 6. The molecule has 0 aliphatic heterocycles. The molecule has 0 saturated carbocycles. The van der Waals surface area contributed by atoms with Gasteiger partial charge in [-0.2, -0.15) is 4.31 Å². The highest BCUT2D eigenvalue weighted by molar-refractivity contribution is 7.89. The maximum Gasteiger partial charge on any atom is 0.243 e. The predicted molar refractivity (Wildman–Crippen MR) is 79.4 cm³/mol. The third-order valence-corrected chi connectivity index (χ3v) is 5.56. The molecule has 0 aliphatic carbocycles. The van der Waals surface area contributed by atoms with Gasteiger partial charge in [-0.3, -0.25) is 0 Å². The summed E-state index contributed by atoms with van der Waals surface area (Å²) in [5.74, 6) is -0.325. The molecular formula is C14H23FN2O2S. The summed E-state index contributed by atoms with van der Waals surface area (Å²) in [7, 11) is -3.64. The number of halogens is 1. The zero-order chi connectivity index (χ0) is 15.5. The van der Waals surface area contributed by atoms with Crippen LogP contribution in [0.3, 0.4) is 0 Å². The van der Waals surface area contributed by atoms with Crippen molar-refractivity contribution in [2.24, 2.45) is 5.92 Å². The Labute approximate surface area is 120 Å². The van der Waals surface area contributed by atoms with Crippen LogP contribution >= 0.6 is 0 Å². The third-order valence-electron chi connectivity index (χ3n) is 3.48. The van der Waals surface area contributed by atoms with Crippen LogP contribution < -0.4 is 5.73 Å². The number of sulfonamides is 1. The third kappa shape index (κ3) is 3.49. The van der Waals surface area contributed by atoms with E-state index >= 15 is 0 Å². The number of hydrogen-bond donors (Lipinski definition) is 1. The largest absolute Gasteiger partial charge is 0.396 e. The van der Waals surface area contributed by atoms with Crippen molar-refractivity contribution in [3.05, 3.63) is 23.5 Å². The smallest absolute Gasteiger partial charge is 0.243 e. The quantitative estimate of drug-likeness (QED) is 0.822. The van der Waals surface area contributed by atoms with Gasteiger partial charge in [-0.15, -0.1) is 0 Å². The molecule has 0 aromatic heterocycles. The van der Waals surface area contributed by atoms with E-state index in [1.165, 1.54) is 16.4 Å². The first-order valence-electron chi connectivity index (χ1n) is 6.79. The molecule has 0 radical (unpaired) electrons. The minimum Gasteiger partial charge on any atom is -0.396 e. The first kappa shape index (κ1) is 16.9. The van der Waals surface area contributed by atoms with Gasteiger partial charge in [0.05, 0.1) is 10.6 Å². The molecule has 1 atom stereocenters. The molecule has 0 heterocycles. The van der Waals surface area contributed by atoms with Crippen LogP contribution in [-0.4, -0.2) is 25.8 Å². The minimum absolute atomic E-state index is 0.0848. The summed E-state index contributed by atoms with van der Waals surface area (Å²) in [5.41, 5.74) is 5.73.